The molecule has 1 fully saturated rings. The van der Waals surface area contributed by atoms with E-state index in [0.717, 1.165) is 24.9 Å². The van der Waals surface area contributed by atoms with Gasteiger partial charge >= 0.3 is 0 Å². The fourth-order valence-corrected chi connectivity index (χ4v) is 2.67. The molecule has 17 heavy (non-hydrogen) atoms. The van der Waals surface area contributed by atoms with E-state index in [9.17, 15) is 4.39 Å². The van der Waals surface area contributed by atoms with Gasteiger partial charge in [-0.15, -0.1) is 0 Å². The minimum atomic E-state index is -1.15. The van der Waals surface area contributed by atoms with E-state index in [-0.39, 0.29) is 6.04 Å². The van der Waals surface area contributed by atoms with Crippen molar-refractivity contribution in [1.29, 1.82) is 0 Å². The Balaban J connectivity index is 2.08. The minimum Gasteiger partial charge on any atom is -0.311 e. The van der Waals surface area contributed by atoms with Gasteiger partial charge in [-0.3, -0.25) is 0 Å². The predicted octanol–water partition coefficient (Wildman–Crippen LogP) is 3.41. The lowest BCUT2D eigenvalue weighted by Gasteiger charge is -2.34. The van der Waals surface area contributed by atoms with Crippen LogP contribution in [0.25, 0.3) is 0 Å². The van der Waals surface area contributed by atoms with E-state index in [2.05, 4.69) is 18.3 Å². The van der Waals surface area contributed by atoms with Gasteiger partial charge in [-0.05, 0) is 44.4 Å². The molecule has 0 bridgehead atoms. The van der Waals surface area contributed by atoms with Gasteiger partial charge in [-0.2, -0.15) is 0 Å². The standard InChI is InChI=1S/C15H22FN/c1-12-7-3-4-8-13(12)11-15(2,16)14-9-5-6-10-17-14/h3-4,7-8,14,17H,5-6,9-11H2,1-2H3. The second-order valence-corrected chi connectivity index (χ2v) is 5.38. The summed E-state index contributed by atoms with van der Waals surface area (Å²) in [6, 6.07) is 8.10. The van der Waals surface area contributed by atoms with Crippen molar-refractivity contribution in [2.75, 3.05) is 6.54 Å². The van der Waals surface area contributed by atoms with Crippen molar-refractivity contribution in [3.63, 3.8) is 0 Å². The van der Waals surface area contributed by atoms with Crippen molar-refractivity contribution >= 4 is 0 Å². The molecule has 1 aliphatic heterocycles. The van der Waals surface area contributed by atoms with Crippen molar-refractivity contribution in [1.82, 2.24) is 5.32 Å². The van der Waals surface area contributed by atoms with E-state index >= 15 is 0 Å². The largest absolute Gasteiger partial charge is 0.311 e. The van der Waals surface area contributed by atoms with Crippen LogP contribution in [0, 0.1) is 6.92 Å². The molecule has 1 aliphatic rings. The van der Waals surface area contributed by atoms with Crippen molar-refractivity contribution in [3.8, 4) is 0 Å². The Kier molecular flexibility index (Phi) is 3.82. The van der Waals surface area contributed by atoms with Gasteiger partial charge in [-0.25, -0.2) is 4.39 Å². The third kappa shape index (κ3) is 3.06. The summed E-state index contributed by atoms with van der Waals surface area (Å²) in [5, 5.41) is 3.32. The van der Waals surface area contributed by atoms with Gasteiger partial charge in [0.25, 0.3) is 0 Å². The van der Waals surface area contributed by atoms with Crippen LogP contribution in [0.2, 0.25) is 0 Å². The van der Waals surface area contributed by atoms with Crippen molar-refractivity contribution < 1.29 is 4.39 Å². The van der Waals surface area contributed by atoms with Crippen LogP contribution in [-0.2, 0) is 6.42 Å². The molecule has 1 saturated heterocycles. The molecule has 1 nitrogen and oxygen atoms in total. The Morgan fingerprint density at radius 1 is 1.35 bits per heavy atom. The smallest absolute Gasteiger partial charge is 0.127 e. The Labute approximate surface area is 103 Å². The lowest BCUT2D eigenvalue weighted by Crippen LogP contribution is -2.49. The third-order valence-corrected chi connectivity index (χ3v) is 3.83. The predicted molar refractivity (Wildman–Crippen MR) is 70.0 cm³/mol. The van der Waals surface area contributed by atoms with Crippen molar-refractivity contribution in [3.05, 3.63) is 35.4 Å². The summed E-state index contributed by atoms with van der Waals surface area (Å²) >= 11 is 0. The van der Waals surface area contributed by atoms with Crippen LogP contribution in [0.15, 0.2) is 24.3 Å². The van der Waals surface area contributed by atoms with Gasteiger partial charge in [0.1, 0.15) is 5.67 Å². The summed E-state index contributed by atoms with van der Waals surface area (Å²) < 4.78 is 14.8. The van der Waals surface area contributed by atoms with Crippen LogP contribution in [0.1, 0.15) is 37.3 Å². The zero-order valence-corrected chi connectivity index (χ0v) is 10.8. The SMILES string of the molecule is Cc1ccccc1CC(C)(F)C1CCCCN1. The number of hydrogen-bond acceptors (Lipinski definition) is 1. The Bertz CT molecular complexity index is 367. The molecule has 0 radical (unpaired) electrons. The monoisotopic (exact) mass is 235 g/mol. The molecular formula is C15H22FN. The zero-order chi connectivity index (χ0) is 12.3. The van der Waals surface area contributed by atoms with Crippen LogP contribution in [0.4, 0.5) is 4.39 Å². The maximum Gasteiger partial charge on any atom is 0.127 e. The van der Waals surface area contributed by atoms with E-state index in [0.29, 0.717) is 6.42 Å². The molecule has 1 heterocycles. The number of hydrogen-bond donors (Lipinski definition) is 1. The number of nitrogens with one attached hydrogen (secondary N) is 1. The van der Waals surface area contributed by atoms with Gasteiger partial charge in [0.15, 0.2) is 0 Å². The first kappa shape index (κ1) is 12.6. The maximum absolute atomic E-state index is 14.8. The molecule has 1 aromatic carbocycles. The molecule has 1 aromatic rings. The highest BCUT2D eigenvalue weighted by atomic mass is 19.1. The Hall–Kier alpha value is -0.890. The summed E-state index contributed by atoms with van der Waals surface area (Å²) in [7, 11) is 0. The molecule has 0 aliphatic carbocycles. The van der Waals surface area contributed by atoms with Gasteiger partial charge in [0.2, 0.25) is 0 Å². The van der Waals surface area contributed by atoms with Crippen LogP contribution in [0.5, 0.6) is 0 Å². The van der Waals surface area contributed by atoms with Crippen LogP contribution in [-0.4, -0.2) is 18.3 Å². The number of halogens is 1. The second kappa shape index (κ2) is 5.18. The minimum absolute atomic E-state index is 0.0101. The lowest BCUT2D eigenvalue weighted by molar-refractivity contribution is 0.108. The summed E-state index contributed by atoms with van der Waals surface area (Å²) in [5.41, 5.74) is 1.17. The Morgan fingerprint density at radius 2 is 2.12 bits per heavy atom. The molecule has 94 valence electrons. The van der Waals surface area contributed by atoms with Gasteiger partial charge in [0.05, 0.1) is 0 Å². The topological polar surface area (TPSA) is 12.0 Å². The molecule has 1 N–H and O–H groups in total. The van der Waals surface area contributed by atoms with Crippen LogP contribution >= 0.6 is 0 Å². The second-order valence-electron chi connectivity index (χ2n) is 5.38. The van der Waals surface area contributed by atoms with Gasteiger partial charge in [-0.1, -0.05) is 30.7 Å². The highest BCUT2D eigenvalue weighted by Gasteiger charge is 2.35. The molecule has 0 amide bonds. The van der Waals surface area contributed by atoms with Crippen LogP contribution < -0.4 is 5.32 Å². The highest BCUT2D eigenvalue weighted by Crippen LogP contribution is 2.28. The molecule has 2 rings (SSSR count). The number of aryl methyl sites for hydroxylation is 1. The van der Waals surface area contributed by atoms with Gasteiger partial charge in [0, 0.05) is 12.5 Å². The normalized spacial score (nSPS) is 24.3. The highest BCUT2D eigenvalue weighted by molar-refractivity contribution is 5.27. The quantitative estimate of drug-likeness (QED) is 0.846. The summed E-state index contributed by atoms with van der Waals surface area (Å²) in [4.78, 5) is 0. The fraction of sp³-hybridized carbons (Fsp3) is 0.600. The first-order valence-corrected chi connectivity index (χ1v) is 6.56. The van der Waals surface area contributed by atoms with E-state index < -0.39 is 5.67 Å². The average Bonchev–Trinajstić information content (AvgIpc) is 2.33. The maximum atomic E-state index is 14.8. The number of piperidine rings is 1. The van der Waals surface area contributed by atoms with E-state index in [1.54, 1.807) is 6.92 Å². The molecular weight excluding hydrogens is 213 g/mol. The number of rotatable bonds is 3. The van der Waals surface area contributed by atoms with E-state index in [1.807, 2.05) is 18.2 Å². The fourth-order valence-electron chi connectivity index (χ4n) is 2.67. The molecule has 2 unspecified atom stereocenters. The van der Waals surface area contributed by atoms with Crippen molar-refractivity contribution in [2.45, 2.75) is 51.2 Å². The first-order chi connectivity index (χ1) is 8.09. The number of benzene rings is 1. The average molecular weight is 235 g/mol. The van der Waals surface area contributed by atoms with Crippen LogP contribution in [0.3, 0.4) is 0 Å². The van der Waals surface area contributed by atoms with Gasteiger partial charge < -0.3 is 5.32 Å². The lowest BCUT2D eigenvalue weighted by atomic mass is 9.85. The van der Waals surface area contributed by atoms with E-state index in [1.165, 1.54) is 12.0 Å². The molecule has 0 aromatic heterocycles. The molecule has 2 heteroatoms. The summed E-state index contributed by atoms with van der Waals surface area (Å²) in [5.74, 6) is 0. The molecule has 2 atom stereocenters. The molecule has 0 saturated carbocycles. The first-order valence-electron chi connectivity index (χ1n) is 6.56. The summed E-state index contributed by atoms with van der Waals surface area (Å²) in [6.45, 7) is 4.75. The number of alkyl halides is 1. The summed E-state index contributed by atoms with van der Waals surface area (Å²) in [6.07, 6.45) is 3.79. The van der Waals surface area contributed by atoms with Crippen molar-refractivity contribution in [2.24, 2.45) is 0 Å². The Morgan fingerprint density at radius 3 is 2.76 bits per heavy atom. The molecule has 0 spiro atoms. The zero-order valence-electron chi connectivity index (χ0n) is 10.8. The van der Waals surface area contributed by atoms with E-state index in [4.69, 9.17) is 0 Å². The third-order valence-electron chi connectivity index (χ3n) is 3.83.